The predicted octanol–water partition coefficient (Wildman–Crippen LogP) is 2.97. The number of nitrogens with one attached hydrogen (secondary N) is 2. The summed E-state index contributed by atoms with van der Waals surface area (Å²) in [4.78, 5) is 31.0. The molecule has 0 atom stereocenters. The summed E-state index contributed by atoms with van der Waals surface area (Å²) in [5.41, 5.74) is 0.432. The first kappa shape index (κ1) is 17.5. The molecule has 0 bridgehead atoms. The Bertz CT molecular complexity index is 592. The molecule has 2 heterocycles. The van der Waals surface area contributed by atoms with Gasteiger partial charge in [0.05, 0.1) is 12.2 Å². The van der Waals surface area contributed by atoms with Gasteiger partial charge in [0.1, 0.15) is 5.60 Å². The van der Waals surface area contributed by atoms with Gasteiger partial charge in [0.25, 0.3) is 0 Å². The van der Waals surface area contributed by atoms with E-state index in [9.17, 15) is 9.59 Å². The van der Waals surface area contributed by atoms with Gasteiger partial charge >= 0.3 is 12.1 Å². The molecule has 0 aliphatic carbocycles. The first-order chi connectivity index (χ1) is 10.6. The highest BCUT2D eigenvalue weighted by Crippen LogP contribution is 2.29. The molecule has 128 valence electrons. The Balaban J connectivity index is 1.99. The normalized spacial score (nSPS) is 14.4. The lowest BCUT2D eigenvalue weighted by Crippen LogP contribution is -2.39. The average molecular weight is 340 g/mol. The van der Waals surface area contributed by atoms with Crippen LogP contribution in [0.2, 0.25) is 0 Å². The Kier molecular flexibility index (Phi) is 5.13. The first-order valence-electron chi connectivity index (χ1n) is 7.68. The smallest absolute Gasteiger partial charge is 0.410 e. The maximum absolute atomic E-state index is 12.1. The minimum atomic E-state index is -0.507. The number of urea groups is 1. The molecule has 1 aromatic heterocycles. The van der Waals surface area contributed by atoms with E-state index < -0.39 is 5.60 Å². The molecule has 1 aliphatic heterocycles. The van der Waals surface area contributed by atoms with Crippen molar-refractivity contribution in [1.29, 1.82) is 0 Å². The second kappa shape index (κ2) is 6.74. The number of nitrogens with zero attached hydrogens (tertiary/aromatic N) is 2. The van der Waals surface area contributed by atoms with Crippen LogP contribution in [-0.4, -0.2) is 40.2 Å². The highest BCUT2D eigenvalue weighted by Gasteiger charge is 2.28. The van der Waals surface area contributed by atoms with E-state index in [4.69, 9.17) is 4.74 Å². The molecule has 1 aliphatic rings. The van der Waals surface area contributed by atoms with Crippen LogP contribution in [0.15, 0.2) is 0 Å². The lowest BCUT2D eigenvalue weighted by molar-refractivity contribution is 0.0225. The average Bonchev–Trinajstić information content (AvgIpc) is 2.76. The van der Waals surface area contributed by atoms with Gasteiger partial charge in [-0.25, -0.2) is 14.6 Å². The highest BCUT2D eigenvalue weighted by atomic mass is 32.1. The summed E-state index contributed by atoms with van der Waals surface area (Å²) in [6, 6.07) is -0.206. The molecule has 0 fully saturated rings. The molecule has 0 spiro atoms. The number of thiazole rings is 1. The van der Waals surface area contributed by atoms with E-state index in [0.29, 0.717) is 24.6 Å². The SMILES string of the molecule is CC(C)NC(=O)Nc1nc2c(s1)CN(C(=O)OC(C)(C)C)CC2. The van der Waals surface area contributed by atoms with E-state index in [1.54, 1.807) is 4.90 Å². The minimum Gasteiger partial charge on any atom is -0.444 e. The quantitative estimate of drug-likeness (QED) is 0.867. The van der Waals surface area contributed by atoms with Crippen molar-refractivity contribution < 1.29 is 14.3 Å². The number of hydrogen-bond acceptors (Lipinski definition) is 5. The van der Waals surface area contributed by atoms with E-state index in [-0.39, 0.29) is 18.2 Å². The Hall–Kier alpha value is -1.83. The summed E-state index contributed by atoms with van der Waals surface area (Å²) in [7, 11) is 0. The van der Waals surface area contributed by atoms with Crippen LogP contribution in [0, 0.1) is 0 Å². The fraction of sp³-hybridized carbons (Fsp3) is 0.667. The molecular formula is C15H24N4O3S. The van der Waals surface area contributed by atoms with Gasteiger partial charge in [-0.15, -0.1) is 0 Å². The Labute approximate surface area is 140 Å². The number of anilines is 1. The van der Waals surface area contributed by atoms with Crippen molar-refractivity contribution in [1.82, 2.24) is 15.2 Å². The van der Waals surface area contributed by atoms with Crippen LogP contribution in [0.25, 0.3) is 0 Å². The zero-order valence-corrected chi connectivity index (χ0v) is 15.0. The van der Waals surface area contributed by atoms with Gasteiger partial charge < -0.3 is 15.0 Å². The summed E-state index contributed by atoms with van der Waals surface area (Å²) in [5.74, 6) is 0. The van der Waals surface area contributed by atoms with Gasteiger partial charge in [-0.3, -0.25) is 5.32 Å². The zero-order valence-electron chi connectivity index (χ0n) is 14.2. The van der Waals surface area contributed by atoms with Gasteiger partial charge in [0.15, 0.2) is 5.13 Å². The largest absolute Gasteiger partial charge is 0.444 e. The Morgan fingerprint density at radius 2 is 2.04 bits per heavy atom. The van der Waals surface area contributed by atoms with Gasteiger partial charge in [0, 0.05) is 23.9 Å². The highest BCUT2D eigenvalue weighted by molar-refractivity contribution is 7.15. The fourth-order valence-electron chi connectivity index (χ4n) is 2.13. The summed E-state index contributed by atoms with van der Waals surface area (Å²) in [6.07, 6.45) is 0.349. The van der Waals surface area contributed by atoms with Crippen molar-refractivity contribution in [2.75, 3.05) is 11.9 Å². The molecule has 0 saturated heterocycles. The van der Waals surface area contributed by atoms with Crippen molar-refractivity contribution in [3.63, 3.8) is 0 Å². The van der Waals surface area contributed by atoms with E-state index in [1.807, 2.05) is 34.6 Å². The second-order valence-corrected chi connectivity index (χ2v) is 7.88. The predicted molar refractivity (Wildman–Crippen MR) is 89.8 cm³/mol. The van der Waals surface area contributed by atoms with Crippen LogP contribution >= 0.6 is 11.3 Å². The fourth-order valence-corrected chi connectivity index (χ4v) is 3.15. The maximum Gasteiger partial charge on any atom is 0.410 e. The lowest BCUT2D eigenvalue weighted by Gasteiger charge is -2.29. The molecule has 2 N–H and O–H groups in total. The monoisotopic (exact) mass is 340 g/mol. The molecule has 1 aromatic rings. The molecule has 7 nitrogen and oxygen atoms in total. The number of ether oxygens (including phenoxy) is 1. The van der Waals surface area contributed by atoms with Crippen molar-refractivity contribution in [2.24, 2.45) is 0 Å². The third kappa shape index (κ3) is 5.09. The van der Waals surface area contributed by atoms with Crippen LogP contribution in [0.5, 0.6) is 0 Å². The second-order valence-electron chi connectivity index (χ2n) is 6.79. The van der Waals surface area contributed by atoms with E-state index in [0.717, 1.165) is 10.6 Å². The maximum atomic E-state index is 12.1. The zero-order chi connectivity index (χ0) is 17.2. The molecule has 3 amide bonds. The summed E-state index contributed by atoms with van der Waals surface area (Å²) >= 11 is 1.40. The standard InChI is InChI=1S/C15H24N4O3S/c1-9(2)16-12(20)18-13-17-10-6-7-19(8-11(10)23-13)14(21)22-15(3,4)5/h9H,6-8H2,1-5H3,(H2,16,17,18,20). The third-order valence-electron chi connectivity index (χ3n) is 3.02. The molecule has 0 radical (unpaired) electrons. The minimum absolute atomic E-state index is 0.0623. The van der Waals surface area contributed by atoms with Crippen LogP contribution in [0.3, 0.4) is 0 Å². The van der Waals surface area contributed by atoms with Crippen molar-refractivity contribution >= 4 is 28.6 Å². The van der Waals surface area contributed by atoms with E-state index >= 15 is 0 Å². The van der Waals surface area contributed by atoms with Crippen molar-refractivity contribution in [2.45, 2.75) is 59.2 Å². The number of aromatic nitrogens is 1. The number of carbonyl (C=O) groups excluding carboxylic acids is 2. The van der Waals surface area contributed by atoms with Crippen LogP contribution in [-0.2, 0) is 17.7 Å². The summed E-state index contributed by atoms with van der Waals surface area (Å²) in [6.45, 7) is 10.4. The number of carbonyl (C=O) groups is 2. The van der Waals surface area contributed by atoms with Gasteiger partial charge in [0.2, 0.25) is 0 Å². The van der Waals surface area contributed by atoms with Crippen molar-refractivity contribution in [3.8, 4) is 0 Å². The Morgan fingerprint density at radius 1 is 1.35 bits per heavy atom. The van der Waals surface area contributed by atoms with Crippen LogP contribution < -0.4 is 10.6 Å². The molecule has 8 heteroatoms. The lowest BCUT2D eigenvalue weighted by atomic mass is 10.2. The van der Waals surface area contributed by atoms with Crippen molar-refractivity contribution in [3.05, 3.63) is 10.6 Å². The number of rotatable bonds is 2. The summed E-state index contributed by atoms with van der Waals surface area (Å²) in [5, 5.41) is 6.05. The van der Waals surface area contributed by atoms with Crippen LogP contribution in [0.1, 0.15) is 45.2 Å². The molecule has 23 heavy (non-hydrogen) atoms. The number of hydrogen-bond donors (Lipinski definition) is 2. The van der Waals surface area contributed by atoms with Gasteiger partial charge in [-0.05, 0) is 34.6 Å². The van der Waals surface area contributed by atoms with Crippen LogP contribution in [0.4, 0.5) is 14.7 Å². The third-order valence-corrected chi connectivity index (χ3v) is 4.02. The number of fused-ring (bicyclic) bond motifs is 1. The topological polar surface area (TPSA) is 83.6 Å². The van der Waals surface area contributed by atoms with Gasteiger partial charge in [-0.1, -0.05) is 11.3 Å². The summed E-state index contributed by atoms with van der Waals surface area (Å²) < 4.78 is 5.40. The van der Waals surface area contributed by atoms with Gasteiger partial charge in [-0.2, -0.15) is 0 Å². The first-order valence-corrected chi connectivity index (χ1v) is 8.49. The molecule has 0 unspecified atom stereocenters. The molecule has 0 saturated carbocycles. The van der Waals surface area contributed by atoms with E-state index in [2.05, 4.69) is 15.6 Å². The number of amides is 3. The Morgan fingerprint density at radius 3 is 2.65 bits per heavy atom. The molecular weight excluding hydrogens is 316 g/mol. The molecule has 2 rings (SSSR count). The molecule has 0 aromatic carbocycles. The van der Waals surface area contributed by atoms with E-state index in [1.165, 1.54) is 11.3 Å².